The summed E-state index contributed by atoms with van der Waals surface area (Å²) >= 11 is 0. The molecule has 0 spiro atoms. The van der Waals surface area contributed by atoms with Crippen molar-refractivity contribution in [2.45, 2.75) is 32.4 Å². The molecule has 0 aliphatic heterocycles. The number of carbonyl (C=O) groups excluding carboxylic acids is 1. The van der Waals surface area contributed by atoms with Crippen LogP contribution >= 0.6 is 0 Å². The average molecular weight is 472 g/mol. The summed E-state index contributed by atoms with van der Waals surface area (Å²) in [5.74, 6) is -0.333. The maximum atomic E-state index is 13.3. The number of anilines is 2. The third-order valence-corrected chi connectivity index (χ3v) is 5.41. The Morgan fingerprint density at radius 3 is 2.50 bits per heavy atom. The van der Waals surface area contributed by atoms with E-state index < -0.39 is 22.6 Å². The largest absolute Gasteiger partial charge is 0.455 e. The molecule has 0 saturated carbocycles. The van der Waals surface area contributed by atoms with E-state index >= 15 is 0 Å². The molecule has 0 unspecified atom stereocenters. The van der Waals surface area contributed by atoms with Gasteiger partial charge in [0, 0.05) is 29.7 Å². The van der Waals surface area contributed by atoms with E-state index in [2.05, 4.69) is 15.8 Å². The summed E-state index contributed by atoms with van der Waals surface area (Å²) in [6.07, 6.45) is -2.77. The first-order valence-electron chi connectivity index (χ1n) is 10.3. The Morgan fingerprint density at radius 2 is 1.82 bits per heavy atom. The van der Waals surface area contributed by atoms with E-state index in [1.807, 2.05) is 0 Å². The van der Waals surface area contributed by atoms with Crippen molar-refractivity contribution < 1.29 is 27.3 Å². The quantitative estimate of drug-likeness (QED) is 0.354. The van der Waals surface area contributed by atoms with Crippen LogP contribution in [0.15, 0.2) is 58.0 Å². The van der Waals surface area contributed by atoms with Gasteiger partial charge in [0.05, 0.1) is 27.6 Å². The second-order valence-corrected chi connectivity index (χ2v) is 7.68. The van der Waals surface area contributed by atoms with Gasteiger partial charge in [-0.2, -0.15) is 18.3 Å². The van der Waals surface area contributed by atoms with Crippen LogP contribution in [0.25, 0.3) is 0 Å². The molecule has 11 heteroatoms. The summed E-state index contributed by atoms with van der Waals surface area (Å²) < 4.78 is 45.6. The van der Waals surface area contributed by atoms with E-state index in [4.69, 9.17) is 4.42 Å². The molecule has 34 heavy (non-hydrogen) atoms. The van der Waals surface area contributed by atoms with Crippen LogP contribution in [-0.4, -0.2) is 16.5 Å². The van der Waals surface area contributed by atoms with Crippen LogP contribution in [0.5, 0.6) is 0 Å². The maximum absolute atomic E-state index is 13.3. The number of nitro benzene ring substituents is 1. The Morgan fingerprint density at radius 1 is 1.12 bits per heavy atom. The number of hydrogen-bond donors (Lipinski definition) is 2. The van der Waals surface area contributed by atoms with E-state index in [0.717, 1.165) is 6.07 Å². The van der Waals surface area contributed by atoms with Crippen molar-refractivity contribution in [3.05, 3.63) is 86.9 Å². The van der Waals surface area contributed by atoms with E-state index in [-0.39, 0.29) is 17.1 Å². The van der Waals surface area contributed by atoms with Crippen molar-refractivity contribution >= 4 is 28.7 Å². The first-order chi connectivity index (χ1) is 16.1. The molecule has 1 aromatic heterocycles. The van der Waals surface area contributed by atoms with Crippen LogP contribution in [0, 0.1) is 17.0 Å². The number of aryl methyl sites for hydroxylation is 1. The molecule has 0 fully saturated rings. The number of nitrogens with one attached hydrogen (secondary N) is 2. The van der Waals surface area contributed by atoms with Crippen molar-refractivity contribution in [1.29, 1.82) is 0 Å². The molecule has 3 aromatic rings. The molecule has 2 aromatic carbocycles. The van der Waals surface area contributed by atoms with Crippen LogP contribution in [0.2, 0.25) is 0 Å². The van der Waals surface area contributed by atoms with Crippen LogP contribution in [0.1, 0.15) is 45.8 Å². The third kappa shape index (κ3) is 4.63. The number of amides is 1. The smallest absolute Gasteiger partial charge is 0.418 e. The lowest BCUT2D eigenvalue weighted by Gasteiger charge is -2.14. The number of alkyl halides is 3. The summed E-state index contributed by atoms with van der Waals surface area (Å²) in [6, 6.07) is 10.5. The van der Waals surface area contributed by atoms with Crippen molar-refractivity contribution in [3.8, 4) is 0 Å². The standard InChI is InChI=1S/C23H19F3N4O4/c1-13-20-18(29-28-14-9-11-15(12-10-14)30(32)33)7-4-8-19(20)34-21(13)22(31)27-17-6-3-2-5-16(17)23(24,25)26/h2-3,5-6,9-12,28H,4,7-8H2,1H3,(H,27,31)/b29-18+. The SMILES string of the molecule is Cc1c(C(=O)Nc2ccccc2C(F)(F)F)oc2c1/C(=N/Nc1ccc([N+](=O)[O-])cc1)CCC2. The Kier molecular flexibility index (Phi) is 6.10. The number of nitro groups is 1. The molecule has 1 amide bonds. The van der Waals surface area contributed by atoms with Crippen molar-refractivity contribution in [2.24, 2.45) is 5.10 Å². The van der Waals surface area contributed by atoms with Crippen molar-refractivity contribution in [1.82, 2.24) is 0 Å². The number of hydrogen-bond acceptors (Lipinski definition) is 6. The number of fused-ring (bicyclic) bond motifs is 1. The van der Waals surface area contributed by atoms with Gasteiger partial charge in [0.1, 0.15) is 5.76 Å². The Bertz CT molecular complexity index is 1280. The lowest BCUT2D eigenvalue weighted by atomic mass is 9.93. The molecule has 0 atom stereocenters. The summed E-state index contributed by atoms with van der Waals surface area (Å²) in [4.78, 5) is 23.1. The molecule has 4 rings (SSSR count). The normalized spacial score (nSPS) is 14.5. The number of furan rings is 1. The van der Waals surface area contributed by atoms with E-state index in [9.17, 15) is 28.1 Å². The summed E-state index contributed by atoms with van der Waals surface area (Å²) in [5, 5.41) is 17.5. The molecular formula is C23H19F3N4O4. The lowest BCUT2D eigenvalue weighted by Crippen LogP contribution is -2.17. The fourth-order valence-electron chi connectivity index (χ4n) is 3.80. The van der Waals surface area contributed by atoms with Crippen molar-refractivity contribution in [3.63, 3.8) is 0 Å². The average Bonchev–Trinajstić information content (AvgIpc) is 3.15. The number of halogens is 3. The summed E-state index contributed by atoms with van der Waals surface area (Å²) in [6.45, 7) is 1.65. The highest BCUT2D eigenvalue weighted by Gasteiger charge is 2.34. The predicted octanol–water partition coefficient (Wildman–Crippen LogP) is 5.92. The van der Waals surface area contributed by atoms with Crippen LogP contribution in [0.4, 0.5) is 30.2 Å². The molecule has 0 radical (unpaired) electrons. The van der Waals surface area contributed by atoms with Crippen LogP contribution in [-0.2, 0) is 12.6 Å². The van der Waals surface area contributed by atoms with Gasteiger partial charge in [-0.15, -0.1) is 0 Å². The fraction of sp³-hybridized carbons (Fsp3) is 0.217. The second kappa shape index (κ2) is 9.00. The van der Waals surface area contributed by atoms with Gasteiger partial charge in [0.15, 0.2) is 5.76 Å². The number of benzene rings is 2. The number of hydrazone groups is 1. The maximum Gasteiger partial charge on any atom is 0.418 e. The second-order valence-electron chi connectivity index (χ2n) is 7.68. The number of rotatable bonds is 5. The molecule has 1 aliphatic carbocycles. The third-order valence-electron chi connectivity index (χ3n) is 5.41. The molecule has 0 bridgehead atoms. The number of para-hydroxylation sites is 1. The highest BCUT2D eigenvalue weighted by Crippen LogP contribution is 2.35. The molecule has 0 saturated heterocycles. The molecule has 1 heterocycles. The topological polar surface area (TPSA) is 110 Å². The fourth-order valence-corrected chi connectivity index (χ4v) is 3.80. The van der Waals surface area contributed by atoms with Gasteiger partial charge in [-0.1, -0.05) is 12.1 Å². The Hall–Kier alpha value is -4.15. The number of carbonyl (C=O) groups is 1. The van der Waals surface area contributed by atoms with E-state index in [1.54, 1.807) is 6.92 Å². The Labute approximate surface area is 191 Å². The number of nitrogens with zero attached hydrogens (tertiary/aromatic N) is 2. The molecule has 1 aliphatic rings. The van der Waals surface area contributed by atoms with Gasteiger partial charge in [-0.25, -0.2) is 0 Å². The molecule has 8 nitrogen and oxygen atoms in total. The minimum atomic E-state index is -4.62. The van der Waals surface area contributed by atoms with Crippen LogP contribution < -0.4 is 10.7 Å². The first kappa shape index (κ1) is 23.0. The molecule has 176 valence electrons. The van der Waals surface area contributed by atoms with Gasteiger partial charge in [-0.05, 0) is 44.0 Å². The van der Waals surface area contributed by atoms with Gasteiger partial charge in [0.2, 0.25) is 0 Å². The highest BCUT2D eigenvalue weighted by molar-refractivity contribution is 6.09. The molecular weight excluding hydrogens is 453 g/mol. The minimum Gasteiger partial charge on any atom is -0.455 e. The summed E-state index contributed by atoms with van der Waals surface area (Å²) in [7, 11) is 0. The van der Waals surface area contributed by atoms with Gasteiger partial charge in [0.25, 0.3) is 11.6 Å². The van der Waals surface area contributed by atoms with E-state index in [1.165, 1.54) is 42.5 Å². The number of non-ortho nitro benzene ring substituents is 1. The Balaban J connectivity index is 1.59. The van der Waals surface area contributed by atoms with Gasteiger partial charge in [-0.3, -0.25) is 20.3 Å². The first-order valence-corrected chi connectivity index (χ1v) is 10.3. The molecule has 2 N–H and O–H groups in total. The van der Waals surface area contributed by atoms with Gasteiger partial charge < -0.3 is 9.73 Å². The van der Waals surface area contributed by atoms with Gasteiger partial charge >= 0.3 is 6.18 Å². The summed E-state index contributed by atoms with van der Waals surface area (Å²) in [5.41, 5.74) is 3.75. The van der Waals surface area contributed by atoms with E-state index in [0.29, 0.717) is 47.5 Å². The zero-order chi connectivity index (χ0) is 24.5. The van der Waals surface area contributed by atoms with Crippen molar-refractivity contribution in [2.75, 3.05) is 10.7 Å². The predicted molar refractivity (Wildman–Crippen MR) is 119 cm³/mol. The monoisotopic (exact) mass is 472 g/mol. The minimum absolute atomic E-state index is 0.0495. The lowest BCUT2D eigenvalue weighted by molar-refractivity contribution is -0.384. The zero-order valence-electron chi connectivity index (χ0n) is 17.9. The highest BCUT2D eigenvalue weighted by atomic mass is 19.4. The van der Waals surface area contributed by atoms with Crippen LogP contribution in [0.3, 0.4) is 0 Å². The zero-order valence-corrected chi connectivity index (χ0v) is 17.9.